The molecule has 1 aliphatic heterocycles. The molecule has 1 aromatic heterocycles. The number of aromatic nitrogens is 1. The molecule has 2 heterocycles. The summed E-state index contributed by atoms with van der Waals surface area (Å²) in [5.41, 5.74) is 1.40. The van der Waals surface area contributed by atoms with E-state index in [1.54, 1.807) is 17.5 Å². The van der Waals surface area contributed by atoms with Crippen LogP contribution in [0.15, 0.2) is 29.6 Å². The van der Waals surface area contributed by atoms with Gasteiger partial charge in [0.05, 0.1) is 17.7 Å². The van der Waals surface area contributed by atoms with Gasteiger partial charge in [-0.05, 0) is 24.1 Å². The fourth-order valence-corrected chi connectivity index (χ4v) is 3.32. The van der Waals surface area contributed by atoms with Crippen molar-refractivity contribution in [3.8, 4) is 0 Å². The first kappa shape index (κ1) is 24.7. The monoisotopic (exact) mass is 463 g/mol. The molecule has 0 bridgehead atoms. The molecule has 0 saturated carbocycles. The summed E-state index contributed by atoms with van der Waals surface area (Å²) in [6, 6.07) is 6.32. The molecule has 0 spiro atoms. The number of halogens is 4. The maximum atomic E-state index is 12.9. The van der Waals surface area contributed by atoms with Gasteiger partial charge in [-0.1, -0.05) is 12.1 Å². The Labute approximate surface area is 179 Å². The molecule has 3 rings (SSSR count). The number of carbonyl (C=O) groups excluding carboxylic acids is 1. The second kappa shape index (κ2) is 11.7. The highest BCUT2D eigenvalue weighted by Gasteiger charge is 2.38. The molecule has 0 radical (unpaired) electrons. The molecule has 3 N–H and O–H groups in total. The van der Waals surface area contributed by atoms with Crippen molar-refractivity contribution in [3.63, 3.8) is 0 Å². The first-order valence-corrected chi connectivity index (χ1v) is 10.1. The Kier molecular flexibility index (Phi) is 9.34. The number of rotatable bonds is 6. The van der Waals surface area contributed by atoms with Crippen LogP contribution in [0.3, 0.4) is 0 Å². The summed E-state index contributed by atoms with van der Waals surface area (Å²) in [6.07, 6.45) is -3.55. The molecular formula is C19H21F4N3O4S. The van der Waals surface area contributed by atoms with Gasteiger partial charge in [0.15, 0.2) is 0 Å². The van der Waals surface area contributed by atoms with E-state index in [0.29, 0.717) is 18.7 Å². The van der Waals surface area contributed by atoms with Gasteiger partial charge in [-0.25, -0.2) is 14.2 Å². The van der Waals surface area contributed by atoms with Crippen molar-refractivity contribution in [2.45, 2.75) is 25.1 Å². The van der Waals surface area contributed by atoms with Gasteiger partial charge in [-0.2, -0.15) is 13.2 Å². The molecule has 1 fully saturated rings. The van der Waals surface area contributed by atoms with Crippen molar-refractivity contribution in [3.05, 3.63) is 51.7 Å². The van der Waals surface area contributed by atoms with Crippen LogP contribution in [0.1, 0.15) is 27.5 Å². The van der Waals surface area contributed by atoms with E-state index in [-0.39, 0.29) is 17.8 Å². The molecule has 31 heavy (non-hydrogen) atoms. The van der Waals surface area contributed by atoms with Crippen LogP contribution in [0.2, 0.25) is 0 Å². The average Bonchev–Trinajstić information content (AvgIpc) is 3.19. The molecular weight excluding hydrogens is 442 g/mol. The minimum atomic E-state index is -5.08. The molecule has 170 valence electrons. The van der Waals surface area contributed by atoms with Gasteiger partial charge >= 0.3 is 12.1 Å². The summed E-state index contributed by atoms with van der Waals surface area (Å²) >= 11 is 1.44. The van der Waals surface area contributed by atoms with Gasteiger partial charge < -0.3 is 20.5 Å². The third kappa shape index (κ3) is 8.99. The van der Waals surface area contributed by atoms with Crippen molar-refractivity contribution in [1.29, 1.82) is 0 Å². The number of carboxylic acids is 1. The van der Waals surface area contributed by atoms with E-state index in [4.69, 9.17) is 14.6 Å². The number of alkyl halides is 3. The smallest absolute Gasteiger partial charge is 0.475 e. The van der Waals surface area contributed by atoms with E-state index in [1.807, 2.05) is 0 Å². The molecule has 1 atom stereocenters. The highest BCUT2D eigenvalue weighted by molar-refractivity contribution is 7.09. The van der Waals surface area contributed by atoms with Crippen molar-refractivity contribution in [1.82, 2.24) is 15.6 Å². The standard InChI is InChI=1S/C17H20FN3O2S.C2HF3O2/c18-13-3-1-12(2-4-13)9-16-21-15(11-24-16)17(22)20-6-5-14-10-19-7-8-23-14;3-2(4,5)1(6)7/h1-4,11,14,19H,5-10H2,(H,20,22);(H,6,7). The molecule has 1 unspecified atom stereocenters. The fraction of sp³-hybridized carbons (Fsp3) is 0.421. The third-order valence-corrected chi connectivity index (χ3v) is 4.90. The predicted octanol–water partition coefficient (Wildman–Crippen LogP) is 2.61. The van der Waals surface area contributed by atoms with Crippen molar-refractivity contribution >= 4 is 23.2 Å². The maximum absolute atomic E-state index is 12.9. The zero-order valence-corrected chi connectivity index (χ0v) is 17.1. The third-order valence-electron chi connectivity index (χ3n) is 4.05. The minimum absolute atomic E-state index is 0.156. The van der Waals surface area contributed by atoms with Crippen LogP contribution in [-0.2, 0) is 16.0 Å². The molecule has 0 aliphatic carbocycles. The fourth-order valence-electron chi connectivity index (χ4n) is 2.52. The largest absolute Gasteiger partial charge is 0.490 e. The van der Waals surface area contributed by atoms with Crippen molar-refractivity contribution < 1.29 is 37.0 Å². The Morgan fingerprint density at radius 2 is 1.97 bits per heavy atom. The molecule has 1 amide bonds. The van der Waals surface area contributed by atoms with E-state index in [1.165, 1.54) is 23.5 Å². The van der Waals surface area contributed by atoms with Crippen LogP contribution < -0.4 is 10.6 Å². The van der Waals surface area contributed by atoms with Crippen LogP contribution in [-0.4, -0.2) is 60.5 Å². The second-order valence-electron chi connectivity index (χ2n) is 6.47. The summed E-state index contributed by atoms with van der Waals surface area (Å²) in [5.74, 6) is -3.18. The van der Waals surface area contributed by atoms with Crippen LogP contribution in [0.4, 0.5) is 17.6 Å². The SMILES string of the molecule is O=C(NCCC1CNCCO1)c1csc(Cc2ccc(F)cc2)n1.O=C(O)C(F)(F)F. The zero-order chi connectivity index (χ0) is 22.9. The van der Waals surface area contributed by atoms with Gasteiger partial charge in [-0.15, -0.1) is 11.3 Å². The number of benzene rings is 1. The summed E-state index contributed by atoms with van der Waals surface area (Å²) in [7, 11) is 0. The summed E-state index contributed by atoms with van der Waals surface area (Å²) < 4.78 is 50.2. The number of nitrogens with one attached hydrogen (secondary N) is 2. The van der Waals surface area contributed by atoms with Crippen LogP contribution in [0, 0.1) is 5.82 Å². The lowest BCUT2D eigenvalue weighted by Crippen LogP contribution is -2.40. The summed E-state index contributed by atoms with van der Waals surface area (Å²) in [5, 5.41) is 15.9. The Balaban J connectivity index is 0.000000423. The number of hydrogen-bond donors (Lipinski definition) is 3. The molecule has 7 nitrogen and oxygen atoms in total. The average molecular weight is 463 g/mol. The van der Waals surface area contributed by atoms with E-state index >= 15 is 0 Å². The van der Waals surface area contributed by atoms with E-state index in [9.17, 15) is 22.4 Å². The van der Waals surface area contributed by atoms with Gasteiger partial charge in [0.1, 0.15) is 11.5 Å². The van der Waals surface area contributed by atoms with E-state index in [0.717, 1.165) is 36.7 Å². The normalized spacial score (nSPS) is 16.2. The van der Waals surface area contributed by atoms with E-state index < -0.39 is 12.1 Å². The van der Waals surface area contributed by atoms with Gasteiger partial charge in [0, 0.05) is 31.4 Å². The second-order valence-corrected chi connectivity index (χ2v) is 7.42. The van der Waals surface area contributed by atoms with Gasteiger partial charge in [-0.3, -0.25) is 4.79 Å². The predicted molar refractivity (Wildman–Crippen MR) is 105 cm³/mol. The maximum Gasteiger partial charge on any atom is 0.490 e. The number of thiazole rings is 1. The highest BCUT2D eigenvalue weighted by Crippen LogP contribution is 2.15. The Bertz CT molecular complexity index is 853. The quantitative estimate of drug-likeness (QED) is 0.570. The summed E-state index contributed by atoms with van der Waals surface area (Å²) in [6.45, 7) is 3.00. The topological polar surface area (TPSA) is 101 Å². The minimum Gasteiger partial charge on any atom is -0.475 e. The Morgan fingerprint density at radius 3 is 2.55 bits per heavy atom. The number of carboxylic acid groups (broad SMARTS) is 1. The Morgan fingerprint density at radius 1 is 1.29 bits per heavy atom. The molecule has 1 saturated heterocycles. The van der Waals surface area contributed by atoms with Crippen molar-refractivity contribution in [2.75, 3.05) is 26.2 Å². The number of nitrogens with zero attached hydrogens (tertiary/aromatic N) is 1. The number of ether oxygens (including phenoxy) is 1. The van der Waals surface area contributed by atoms with Crippen LogP contribution >= 0.6 is 11.3 Å². The molecule has 12 heteroatoms. The van der Waals surface area contributed by atoms with Crippen LogP contribution in [0.5, 0.6) is 0 Å². The summed E-state index contributed by atoms with van der Waals surface area (Å²) in [4.78, 5) is 25.4. The van der Waals surface area contributed by atoms with E-state index in [2.05, 4.69) is 15.6 Å². The number of aliphatic carboxylic acids is 1. The first-order chi connectivity index (χ1) is 14.6. The molecule has 1 aromatic carbocycles. The molecule has 1 aliphatic rings. The lowest BCUT2D eigenvalue weighted by Gasteiger charge is -2.23. The van der Waals surface area contributed by atoms with Crippen molar-refractivity contribution in [2.24, 2.45) is 0 Å². The number of morpholine rings is 1. The lowest BCUT2D eigenvalue weighted by atomic mass is 10.1. The number of hydrogen-bond acceptors (Lipinski definition) is 6. The van der Waals surface area contributed by atoms with Crippen LogP contribution in [0.25, 0.3) is 0 Å². The lowest BCUT2D eigenvalue weighted by molar-refractivity contribution is -0.192. The zero-order valence-electron chi connectivity index (χ0n) is 16.2. The highest BCUT2D eigenvalue weighted by atomic mass is 32.1. The molecule has 2 aromatic rings. The Hall–Kier alpha value is -2.57. The number of carbonyl (C=O) groups is 2. The van der Waals surface area contributed by atoms with Gasteiger partial charge in [0.2, 0.25) is 0 Å². The first-order valence-electron chi connectivity index (χ1n) is 9.24. The van der Waals surface area contributed by atoms with Gasteiger partial charge in [0.25, 0.3) is 5.91 Å². The number of amides is 1.